The van der Waals surface area contributed by atoms with Crippen molar-refractivity contribution in [3.63, 3.8) is 0 Å². The molecule has 0 radical (unpaired) electrons. The molecule has 0 bridgehead atoms. The van der Waals surface area contributed by atoms with Crippen LogP contribution in [0.5, 0.6) is 0 Å². The molecule has 3 nitrogen and oxygen atoms in total. The Balaban J connectivity index is 0.000000921. The van der Waals surface area contributed by atoms with E-state index in [1.165, 1.54) is 0 Å². The summed E-state index contributed by atoms with van der Waals surface area (Å²) in [6, 6.07) is 0. The molecule has 0 spiro atoms. The van der Waals surface area contributed by atoms with Crippen LogP contribution in [0.15, 0.2) is 0 Å². The Bertz CT molecular complexity index is 184. The lowest BCUT2D eigenvalue weighted by Crippen LogP contribution is -2.41. The van der Waals surface area contributed by atoms with Gasteiger partial charge in [0.05, 0.1) is 12.0 Å². The molecule has 3 heteroatoms. The number of nitrogens with zero attached hydrogens (tertiary/aromatic N) is 1. The van der Waals surface area contributed by atoms with Crippen molar-refractivity contribution in [3.8, 4) is 0 Å². The summed E-state index contributed by atoms with van der Waals surface area (Å²) >= 11 is 0. The molecule has 1 saturated heterocycles. The fourth-order valence-corrected chi connectivity index (χ4v) is 1.62. The number of hydrogen-bond acceptors (Lipinski definition) is 3. The third kappa shape index (κ3) is 4.20. The first kappa shape index (κ1) is 14.4. The lowest BCUT2D eigenvalue weighted by atomic mass is 9.80. The summed E-state index contributed by atoms with van der Waals surface area (Å²) in [7, 11) is 2.09. The summed E-state index contributed by atoms with van der Waals surface area (Å²) in [5.41, 5.74) is -0.234. The minimum atomic E-state index is -0.234. The van der Waals surface area contributed by atoms with Crippen molar-refractivity contribution in [1.29, 1.82) is 0 Å². The van der Waals surface area contributed by atoms with Gasteiger partial charge in [-0.2, -0.15) is 0 Å². The number of carbonyl (C=O) groups is 1. The normalized spacial score (nSPS) is 20.1. The van der Waals surface area contributed by atoms with Crippen LogP contribution in [0.3, 0.4) is 0 Å². The topological polar surface area (TPSA) is 29.5 Å². The molecule has 1 heterocycles. The van der Waals surface area contributed by atoms with Crippen LogP contribution in [0.25, 0.3) is 0 Å². The predicted molar refractivity (Wildman–Crippen MR) is 62.8 cm³/mol. The average Bonchev–Trinajstić information content (AvgIpc) is 2.26. The zero-order valence-corrected chi connectivity index (χ0v) is 10.8. The van der Waals surface area contributed by atoms with Crippen LogP contribution in [0, 0.1) is 5.41 Å². The second kappa shape index (κ2) is 6.83. The summed E-state index contributed by atoms with van der Waals surface area (Å²) in [4.78, 5) is 13.8. The van der Waals surface area contributed by atoms with Crippen LogP contribution in [-0.2, 0) is 9.53 Å². The van der Waals surface area contributed by atoms with Gasteiger partial charge in [-0.25, -0.2) is 0 Å². The summed E-state index contributed by atoms with van der Waals surface area (Å²) < 4.78 is 5.06. The number of likely N-dealkylation sites (tertiary alicyclic amines) is 1. The largest absolute Gasteiger partial charge is 0.466 e. The maximum Gasteiger partial charge on any atom is 0.311 e. The van der Waals surface area contributed by atoms with Crippen molar-refractivity contribution in [2.45, 2.75) is 40.5 Å². The Morgan fingerprint density at radius 2 is 1.80 bits per heavy atom. The van der Waals surface area contributed by atoms with Gasteiger partial charge in [-0.15, -0.1) is 0 Å². The first-order valence-electron chi connectivity index (χ1n) is 5.94. The molecule has 0 aromatic heterocycles. The van der Waals surface area contributed by atoms with Crippen LogP contribution in [0.1, 0.15) is 40.5 Å². The highest BCUT2D eigenvalue weighted by atomic mass is 16.5. The van der Waals surface area contributed by atoms with Gasteiger partial charge in [0.25, 0.3) is 0 Å². The minimum Gasteiger partial charge on any atom is -0.466 e. The summed E-state index contributed by atoms with van der Waals surface area (Å²) in [5, 5.41) is 0. The van der Waals surface area contributed by atoms with Gasteiger partial charge in [-0.3, -0.25) is 4.79 Å². The Morgan fingerprint density at radius 1 is 1.33 bits per heavy atom. The molecule has 0 aromatic rings. The van der Waals surface area contributed by atoms with Crippen molar-refractivity contribution in [1.82, 2.24) is 4.90 Å². The van der Waals surface area contributed by atoms with Gasteiger partial charge in [0.15, 0.2) is 0 Å². The van der Waals surface area contributed by atoms with Crippen molar-refractivity contribution in [2.24, 2.45) is 5.41 Å². The molecule has 0 unspecified atom stereocenters. The highest BCUT2D eigenvalue weighted by Crippen LogP contribution is 2.31. The number of hydrogen-bond donors (Lipinski definition) is 0. The Labute approximate surface area is 93.8 Å². The zero-order valence-electron chi connectivity index (χ0n) is 10.8. The van der Waals surface area contributed by atoms with Gasteiger partial charge < -0.3 is 9.64 Å². The van der Waals surface area contributed by atoms with E-state index >= 15 is 0 Å². The predicted octanol–water partition coefficient (Wildman–Crippen LogP) is 2.31. The van der Waals surface area contributed by atoms with E-state index in [1.807, 2.05) is 27.7 Å². The quantitative estimate of drug-likeness (QED) is 0.662. The van der Waals surface area contributed by atoms with Gasteiger partial charge >= 0.3 is 5.97 Å². The molecule has 1 aliphatic rings. The molecule has 0 saturated carbocycles. The van der Waals surface area contributed by atoms with Gasteiger partial charge in [0, 0.05) is 0 Å². The van der Waals surface area contributed by atoms with E-state index in [1.54, 1.807) is 0 Å². The molecule has 0 atom stereocenters. The van der Waals surface area contributed by atoms with Crippen molar-refractivity contribution < 1.29 is 9.53 Å². The number of rotatable bonds is 2. The van der Waals surface area contributed by atoms with E-state index < -0.39 is 0 Å². The van der Waals surface area contributed by atoms with Crippen LogP contribution in [0.2, 0.25) is 0 Å². The fourth-order valence-electron chi connectivity index (χ4n) is 1.62. The first-order valence-corrected chi connectivity index (χ1v) is 5.94. The van der Waals surface area contributed by atoms with Crippen LogP contribution >= 0.6 is 0 Å². The molecule has 1 aliphatic heterocycles. The lowest BCUT2D eigenvalue weighted by molar-refractivity contribution is -0.157. The van der Waals surface area contributed by atoms with E-state index in [2.05, 4.69) is 11.9 Å². The minimum absolute atomic E-state index is 0.0249. The molecule has 0 aliphatic carbocycles. The highest BCUT2D eigenvalue weighted by Gasteiger charge is 2.37. The third-order valence-corrected chi connectivity index (χ3v) is 2.86. The van der Waals surface area contributed by atoms with Crippen LogP contribution in [-0.4, -0.2) is 37.6 Å². The molecular weight excluding hydrogens is 190 g/mol. The lowest BCUT2D eigenvalue weighted by Gasteiger charge is -2.35. The molecule has 0 amide bonds. The van der Waals surface area contributed by atoms with Crippen molar-refractivity contribution in [3.05, 3.63) is 0 Å². The van der Waals surface area contributed by atoms with E-state index in [9.17, 15) is 4.79 Å². The zero-order chi connectivity index (χ0) is 11.9. The van der Waals surface area contributed by atoms with E-state index in [-0.39, 0.29) is 11.4 Å². The van der Waals surface area contributed by atoms with Gasteiger partial charge in [0.2, 0.25) is 0 Å². The van der Waals surface area contributed by atoms with E-state index in [0.717, 1.165) is 25.9 Å². The van der Waals surface area contributed by atoms with Crippen molar-refractivity contribution >= 4 is 5.97 Å². The second-order valence-corrected chi connectivity index (χ2v) is 4.08. The maximum atomic E-state index is 11.6. The molecule has 90 valence electrons. The van der Waals surface area contributed by atoms with E-state index in [0.29, 0.717) is 6.61 Å². The van der Waals surface area contributed by atoms with Crippen LogP contribution < -0.4 is 0 Å². The summed E-state index contributed by atoms with van der Waals surface area (Å²) in [5.74, 6) is -0.0249. The summed E-state index contributed by atoms with van der Waals surface area (Å²) in [6.45, 7) is 10.4. The number of ether oxygens (including phenoxy) is 1. The van der Waals surface area contributed by atoms with Crippen LogP contribution in [0.4, 0.5) is 0 Å². The Kier molecular flexibility index (Phi) is 6.57. The summed E-state index contributed by atoms with van der Waals surface area (Å²) in [6.07, 6.45) is 1.84. The van der Waals surface area contributed by atoms with Gasteiger partial charge in [-0.05, 0) is 46.8 Å². The fraction of sp³-hybridized carbons (Fsp3) is 0.917. The molecule has 0 aromatic carbocycles. The smallest absolute Gasteiger partial charge is 0.311 e. The average molecular weight is 215 g/mol. The second-order valence-electron chi connectivity index (χ2n) is 4.08. The SMILES string of the molecule is CC.CCOC(=O)C1(C)CCN(C)CC1. The first-order chi connectivity index (χ1) is 7.08. The highest BCUT2D eigenvalue weighted by molar-refractivity contribution is 5.76. The third-order valence-electron chi connectivity index (χ3n) is 2.86. The molecule has 1 fully saturated rings. The molecule has 1 rings (SSSR count). The maximum absolute atomic E-state index is 11.6. The molecular formula is C12H25NO2. The standard InChI is InChI=1S/C10H19NO2.C2H6/c1-4-13-9(12)10(2)5-7-11(3)8-6-10;1-2/h4-8H2,1-3H3;1-2H3. The van der Waals surface area contributed by atoms with E-state index in [4.69, 9.17) is 4.74 Å². The Morgan fingerprint density at radius 3 is 2.20 bits per heavy atom. The Hall–Kier alpha value is -0.570. The monoisotopic (exact) mass is 215 g/mol. The van der Waals surface area contributed by atoms with Gasteiger partial charge in [0.1, 0.15) is 0 Å². The number of piperidine rings is 1. The molecule has 15 heavy (non-hydrogen) atoms. The molecule has 0 N–H and O–H groups in total. The van der Waals surface area contributed by atoms with Crippen molar-refractivity contribution in [2.75, 3.05) is 26.7 Å². The number of esters is 1. The number of carbonyl (C=O) groups excluding carboxylic acids is 1. The van der Waals surface area contributed by atoms with Gasteiger partial charge in [-0.1, -0.05) is 13.8 Å².